The molecule has 4 rings (SSSR count). The Morgan fingerprint density at radius 2 is 1.96 bits per heavy atom. The van der Waals surface area contributed by atoms with Gasteiger partial charge < -0.3 is 24.4 Å². The molecule has 0 bridgehead atoms. The van der Waals surface area contributed by atoms with Crippen molar-refractivity contribution in [2.45, 2.75) is 70.8 Å². The predicted molar refractivity (Wildman–Crippen MR) is 103 cm³/mol. The van der Waals surface area contributed by atoms with Gasteiger partial charge in [-0.25, -0.2) is 4.79 Å². The van der Waals surface area contributed by atoms with E-state index in [1.165, 1.54) is 12.8 Å². The number of benzene rings is 1. The molecule has 6 heteroatoms. The zero-order valence-corrected chi connectivity index (χ0v) is 16.7. The van der Waals surface area contributed by atoms with Crippen molar-refractivity contribution in [3.8, 4) is 11.5 Å². The van der Waals surface area contributed by atoms with E-state index < -0.39 is 5.79 Å². The first-order valence-corrected chi connectivity index (χ1v) is 10.0. The van der Waals surface area contributed by atoms with Crippen LogP contribution in [-0.4, -0.2) is 42.5 Å². The van der Waals surface area contributed by atoms with Crippen LogP contribution < -0.4 is 14.8 Å². The molecule has 6 nitrogen and oxygen atoms in total. The van der Waals surface area contributed by atoms with E-state index in [-0.39, 0.29) is 23.6 Å². The van der Waals surface area contributed by atoms with Crippen LogP contribution in [0.2, 0.25) is 0 Å². The Balaban J connectivity index is 1.43. The van der Waals surface area contributed by atoms with E-state index in [1.807, 2.05) is 50.9 Å². The van der Waals surface area contributed by atoms with Gasteiger partial charge in [-0.1, -0.05) is 12.8 Å². The molecule has 148 valence electrons. The summed E-state index contributed by atoms with van der Waals surface area (Å²) in [5.74, 6) is 0.694. The molecule has 2 atom stereocenters. The van der Waals surface area contributed by atoms with Crippen LogP contribution in [0.25, 0.3) is 0 Å². The van der Waals surface area contributed by atoms with Crippen molar-refractivity contribution in [2.75, 3.05) is 19.0 Å². The molecule has 27 heavy (non-hydrogen) atoms. The number of amides is 2. The molecule has 1 N–H and O–H groups in total. The second-order valence-electron chi connectivity index (χ2n) is 8.44. The molecule has 2 amide bonds. The Bertz CT molecular complexity index is 727. The average Bonchev–Trinajstić information content (AvgIpc) is 3.22. The van der Waals surface area contributed by atoms with Gasteiger partial charge in [-0.05, 0) is 38.3 Å². The minimum atomic E-state index is -0.670. The van der Waals surface area contributed by atoms with E-state index in [0.29, 0.717) is 17.2 Å². The zero-order chi connectivity index (χ0) is 19.2. The van der Waals surface area contributed by atoms with Gasteiger partial charge in [0.15, 0.2) is 11.5 Å². The molecule has 3 aliphatic rings. The summed E-state index contributed by atoms with van der Waals surface area (Å²) in [6, 6.07) is 5.67. The Morgan fingerprint density at radius 3 is 2.67 bits per heavy atom. The number of nitrogens with zero attached hydrogens (tertiary/aromatic N) is 1. The zero-order valence-electron chi connectivity index (χ0n) is 16.7. The van der Waals surface area contributed by atoms with E-state index >= 15 is 0 Å². The van der Waals surface area contributed by atoms with Crippen molar-refractivity contribution in [1.82, 2.24) is 4.90 Å². The van der Waals surface area contributed by atoms with Gasteiger partial charge in [0.1, 0.15) is 0 Å². The molecule has 2 saturated carbocycles. The maximum Gasteiger partial charge on any atom is 0.321 e. The number of carbonyl (C=O) groups is 1. The van der Waals surface area contributed by atoms with Crippen LogP contribution in [0.15, 0.2) is 18.2 Å². The molecule has 2 aliphatic carbocycles. The van der Waals surface area contributed by atoms with Gasteiger partial charge in [-0.2, -0.15) is 0 Å². The van der Waals surface area contributed by atoms with Crippen LogP contribution in [0.3, 0.4) is 0 Å². The highest BCUT2D eigenvalue weighted by molar-refractivity contribution is 5.90. The average molecular weight is 374 g/mol. The molecule has 1 aromatic carbocycles. The van der Waals surface area contributed by atoms with Crippen LogP contribution in [0.1, 0.15) is 52.9 Å². The molecule has 1 heterocycles. The molecule has 1 aliphatic heterocycles. The number of carbonyl (C=O) groups excluding carboxylic acids is 1. The summed E-state index contributed by atoms with van der Waals surface area (Å²) < 4.78 is 17.5. The number of hydrogen-bond donors (Lipinski definition) is 1. The molecule has 2 fully saturated rings. The highest BCUT2D eigenvalue weighted by Gasteiger charge is 2.58. The number of rotatable bonds is 4. The van der Waals surface area contributed by atoms with Gasteiger partial charge >= 0.3 is 6.03 Å². The lowest BCUT2D eigenvalue weighted by molar-refractivity contribution is -0.150. The van der Waals surface area contributed by atoms with Crippen LogP contribution >= 0.6 is 0 Å². The molecule has 2 unspecified atom stereocenters. The van der Waals surface area contributed by atoms with E-state index in [9.17, 15) is 4.79 Å². The summed E-state index contributed by atoms with van der Waals surface area (Å²) >= 11 is 0. The first kappa shape index (κ1) is 18.4. The third-order valence-corrected chi connectivity index (χ3v) is 6.34. The normalized spacial score (nSPS) is 26.7. The summed E-state index contributed by atoms with van der Waals surface area (Å²) in [6.45, 7) is 6.52. The summed E-state index contributed by atoms with van der Waals surface area (Å²) in [5, 5.41) is 3.01. The van der Waals surface area contributed by atoms with E-state index in [2.05, 4.69) is 5.32 Å². The number of fused-ring (bicyclic) bond motifs is 1. The monoisotopic (exact) mass is 374 g/mol. The smallest absolute Gasteiger partial charge is 0.321 e. The second-order valence-corrected chi connectivity index (χ2v) is 8.44. The fraction of sp³-hybridized carbons (Fsp3) is 0.667. The van der Waals surface area contributed by atoms with Crippen molar-refractivity contribution in [1.29, 1.82) is 0 Å². The number of ether oxygens (including phenoxy) is 3. The molecule has 0 saturated heterocycles. The molecular weight excluding hydrogens is 344 g/mol. The van der Waals surface area contributed by atoms with Crippen LogP contribution in [0.4, 0.5) is 10.5 Å². The number of hydrogen-bond acceptors (Lipinski definition) is 4. The Kier molecular flexibility index (Phi) is 4.49. The second kappa shape index (κ2) is 6.59. The summed E-state index contributed by atoms with van der Waals surface area (Å²) in [6.07, 6.45) is 5.98. The topological polar surface area (TPSA) is 60.0 Å². The van der Waals surface area contributed by atoms with Crippen molar-refractivity contribution < 1.29 is 19.0 Å². The minimum absolute atomic E-state index is 0.0839. The Labute approximate surface area is 161 Å². The van der Waals surface area contributed by atoms with Crippen molar-refractivity contribution in [2.24, 2.45) is 5.41 Å². The van der Waals surface area contributed by atoms with Gasteiger partial charge in [0.2, 0.25) is 5.79 Å². The lowest BCUT2D eigenvalue weighted by Gasteiger charge is -2.56. The van der Waals surface area contributed by atoms with Crippen LogP contribution in [-0.2, 0) is 4.74 Å². The summed E-state index contributed by atoms with van der Waals surface area (Å²) in [4.78, 5) is 14.8. The summed E-state index contributed by atoms with van der Waals surface area (Å²) in [7, 11) is 1.90. The van der Waals surface area contributed by atoms with Gasteiger partial charge in [0, 0.05) is 50.7 Å². The molecule has 1 spiro atoms. The van der Waals surface area contributed by atoms with Crippen LogP contribution in [0.5, 0.6) is 11.5 Å². The molecule has 1 aromatic rings. The van der Waals surface area contributed by atoms with Gasteiger partial charge in [0.05, 0.1) is 6.10 Å². The summed E-state index contributed by atoms with van der Waals surface area (Å²) in [5.41, 5.74) is 0.856. The van der Waals surface area contributed by atoms with Crippen molar-refractivity contribution >= 4 is 11.7 Å². The first-order valence-electron chi connectivity index (χ1n) is 10.0. The number of anilines is 1. The van der Waals surface area contributed by atoms with E-state index in [1.54, 1.807) is 0 Å². The first-order chi connectivity index (χ1) is 12.8. The van der Waals surface area contributed by atoms with Crippen molar-refractivity contribution in [3.63, 3.8) is 0 Å². The lowest BCUT2D eigenvalue weighted by Crippen LogP contribution is -2.64. The minimum Gasteiger partial charge on any atom is -0.449 e. The largest absolute Gasteiger partial charge is 0.449 e. The highest BCUT2D eigenvalue weighted by Crippen LogP contribution is 2.56. The van der Waals surface area contributed by atoms with Gasteiger partial charge in [0.25, 0.3) is 0 Å². The van der Waals surface area contributed by atoms with Crippen LogP contribution in [0, 0.1) is 5.41 Å². The third kappa shape index (κ3) is 3.14. The standard InChI is InChI=1S/C21H30N2O4/c1-5-25-18-13-17(21(18)10-6-7-11-21)23(4)19(24)22-14-8-9-15-16(12-14)27-20(2,3)26-15/h8-9,12,17-18H,5-7,10-11,13H2,1-4H3,(H,22,24). The Morgan fingerprint density at radius 1 is 1.26 bits per heavy atom. The maximum atomic E-state index is 12.9. The van der Waals surface area contributed by atoms with Crippen molar-refractivity contribution in [3.05, 3.63) is 18.2 Å². The number of nitrogens with one attached hydrogen (secondary N) is 1. The Hall–Kier alpha value is -1.95. The van der Waals surface area contributed by atoms with Gasteiger partial charge in [-0.3, -0.25) is 0 Å². The molecular formula is C21H30N2O4. The van der Waals surface area contributed by atoms with E-state index in [4.69, 9.17) is 14.2 Å². The third-order valence-electron chi connectivity index (χ3n) is 6.34. The highest BCUT2D eigenvalue weighted by atomic mass is 16.7. The molecule has 0 radical (unpaired) electrons. The quantitative estimate of drug-likeness (QED) is 0.849. The number of urea groups is 1. The predicted octanol–water partition coefficient (Wildman–Crippen LogP) is 4.40. The van der Waals surface area contributed by atoms with E-state index in [0.717, 1.165) is 25.9 Å². The van der Waals surface area contributed by atoms with Gasteiger partial charge in [-0.15, -0.1) is 0 Å². The fourth-order valence-electron chi connectivity index (χ4n) is 5.05. The maximum absolute atomic E-state index is 12.9. The molecule has 0 aromatic heterocycles. The SMILES string of the molecule is CCOC1CC(N(C)C(=O)Nc2ccc3c(c2)OC(C)(C)O3)C12CCCC2. The lowest BCUT2D eigenvalue weighted by atomic mass is 9.60. The fourth-order valence-corrected chi connectivity index (χ4v) is 5.05.